The lowest BCUT2D eigenvalue weighted by Gasteiger charge is -2.09. The van der Waals surface area contributed by atoms with Gasteiger partial charge in [0.05, 0.1) is 0 Å². The van der Waals surface area contributed by atoms with E-state index in [1.807, 2.05) is 42.5 Å². The van der Waals surface area contributed by atoms with Crippen LogP contribution < -0.4 is 4.74 Å². The van der Waals surface area contributed by atoms with E-state index >= 15 is 0 Å². The highest BCUT2D eigenvalue weighted by molar-refractivity contribution is 9.10. The van der Waals surface area contributed by atoms with Crippen LogP contribution in [0.1, 0.15) is 18.3 Å². The summed E-state index contributed by atoms with van der Waals surface area (Å²) < 4.78 is 8.91. The molecule has 0 aliphatic heterocycles. The Labute approximate surface area is 164 Å². The summed E-state index contributed by atoms with van der Waals surface area (Å²) in [5.41, 5.74) is 1.16. The van der Waals surface area contributed by atoms with Gasteiger partial charge >= 0.3 is 0 Å². The van der Waals surface area contributed by atoms with Gasteiger partial charge in [-0.1, -0.05) is 51.4 Å². The molecule has 25 heavy (non-hydrogen) atoms. The van der Waals surface area contributed by atoms with Crippen LogP contribution in [0.4, 0.5) is 0 Å². The smallest absolute Gasteiger partial charge is 0.191 e. The van der Waals surface area contributed by atoms with Crippen molar-refractivity contribution in [2.45, 2.75) is 31.0 Å². The van der Waals surface area contributed by atoms with Gasteiger partial charge in [0.15, 0.2) is 11.0 Å². The lowest BCUT2D eigenvalue weighted by atomic mass is 10.2. The molecule has 0 spiro atoms. The van der Waals surface area contributed by atoms with E-state index in [2.05, 4.69) is 43.7 Å². The summed E-state index contributed by atoms with van der Waals surface area (Å²) in [6.45, 7) is 3.26. The minimum absolute atomic E-state index is 0.389. The second kappa shape index (κ2) is 8.74. The standard InChI is InChI=1S/C18H17BrClN3OS/c1-2-23-17(11-24-16-8-6-14(19)7-9-16)21-22-18(23)25-12-13-4-3-5-15(20)10-13/h3-10H,2,11-12H2,1H3. The molecular weight excluding hydrogens is 422 g/mol. The predicted molar refractivity (Wildman–Crippen MR) is 105 cm³/mol. The Hall–Kier alpha value is -1.50. The molecule has 1 heterocycles. The molecule has 0 fully saturated rings. The Bertz CT molecular complexity index is 839. The average molecular weight is 439 g/mol. The van der Waals surface area contributed by atoms with Crippen LogP contribution in [0.2, 0.25) is 5.02 Å². The molecule has 2 aromatic carbocycles. The molecule has 0 amide bonds. The van der Waals surface area contributed by atoms with Crippen molar-refractivity contribution in [3.63, 3.8) is 0 Å². The maximum absolute atomic E-state index is 6.04. The van der Waals surface area contributed by atoms with Crippen molar-refractivity contribution in [1.82, 2.24) is 14.8 Å². The highest BCUT2D eigenvalue weighted by atomic mass is 79.9. The lowest BCUT2D eigenvalue weighted by Crippen LogP contribution is -2.07. The first-order chi connectivity index (χ1) is 12.2. The van der Waals surface area contributed by atoms with Gasteiger partial charge in [-0.3, -0.25) is 0 Å². The van der Waals surface area contributed by atoms with Gasteiger partial charge in [-0.15, -0.1) is 10.2 Å². The molecule has 0 aliphatic carbocycles. The molecule has 1 aromatic heterocycles. The van der Waals surface area contributed by atoms with Crippen LogP contribution in [0.5, 0.6) is 5.75 Å². The Morgan fingerprint density at radius 3 is 2.68 bits per heavy atom. The van der Waals surface area contributed by atoms with Gasteiger partial charge in [0, 0.05) is 21.8 Å². The molecule has 0 saturated heterocycles. The first kappa shape index (κ1) is 18.3. The first-order valence-electron chi connectivity index (χ1n) is 7.83. The predicted octanol–water partition coefficient (Wildman–Crippen LogP) is 5.59. The average Bonchev–Trinajstić information content (AvgIpc) is 3.01. The zero-order chi connectivity index (χ0) is 17.6. The monoisotopic (exact) mass is 437 g/mol. The van der Waals surface area contributed by atoms with E-state index in [0.29, 0.717) is 6.61 Å². The van der Waals surface area contributed by atoms with Crippen molar-refractivity contribution in [3.05, 3.63) is 69.4 Å². The van der Waals surface area contributed by atoms with E-state index in [1.165, 1.54) is 0 Å². The van der Waals surface area contributed by atoms with Crippen LogP contribution in [-0.2, 0) is 18.9 Å². The van der Waals surface area contributed by atoms with Crippen LogP contribution in [0.3, 0.4) is 0 Å². The van der Waals surface area contributed by atoms with Crippen LogP contribution >= 0.6 is 39.3 Å². The third kappa shape index (κ3) is 5.00. The van der Waals surface area contributed by atoms with E-state index in [4.69, 9.17) is 16.3 Å². The van der Waals surface area contributed by atoms with Crippen molar-refractivity contribution >= 4 is 39.3 Å². The zero-order valence-electron chi connectivity index (χ0n) is 13.7. The fraction of sp³-hybridized carbons (Fsp3) is 0.222. The Morgan fingerprint density at radius 1 is 1.16 bits per heavy atom. The topological polar surface area (TPSA) is 39.9 Å². The first-order valence-corrected chi connectivity index (χ1v) is 9.99. The largest absolute Gasteiger partial charge is 0.486 e. The fourth-order valence-electron chi connectivity index (χ4n) is 2.30. The van der Waals surface area contributed by atoms with Crippen molar-refractivity contribution in [2.75, 3.05) is 0 Å². The van der Waals surface area contributed by atoms with E-state index in [0.717, 1.165) is 44.1 Å². The molecule has 0 bridgehead atoms. The minimum atomic E-state index is 0.389. The lowest BCUT2D eigenvalue weighted by molar-refractivity contribution is 0.288. The number of ether oxygens (including phenoxy) is 1. The van der Waals surface area contributed by atoms with Crippen molar-refractivity contribution in [2.24, 2.45) is 0 Å². The maximum Gasteiger partial charge on any atom is 0.191 e. The van der Waals surface area contributed by atoms with Crippen molar-refractivity contribution in [1.29, 1.82) is 0 Å². The molecule has 4 nitrogen and oxygen atoms in total. The summed E-state index contributed by atoms with van der Waals surface area (Å²) >= 11 is 11.1. The fourth-order valence-corrected chi connectivity index (χ4v) is 3.74. The molecule has 7 heteroatoms. The molecule has 3 aromatic rings. The number of nitrogens with zero attached hydrogens (tertiary/aromatic N) is 3. The number of hydrogen-bond acceptors (Lipinski definition) is 4. The number of aromatic nitrogens is 3. The van der Waals surface area contributed by atoms with Gasteiger partial charge in [0.1, 0.15) is 12.4 Å². The Balaban J connectivity index is 1.64. The Morgan fingerprint density at radius 2 is 1.96 bits per heavy atom. The van der Waals surface area contributed by atoms with E-state index in [-0.39, 0.29) is 0 Å². The van der Waals surface area contributed by atoms with Crippen molar-refractivity contribution in [3.8, 4) is 5.75 Å². The minimum Gasteiger partial charge on any atom is -0.486 e. The molecule has 130 valence electrons. The van der Waals surface area contributed by atoms with Gasteiger partial charge in [0.25, 0.3) is 0 Å². The van der Waals surface area contributed by atoms with E-state index < -0.39 is 0 Å². The molecule has 0 aliphatic rings. The van der Waals surface area contributed by atoms with Gasteiger partial charge < -0.3 is 9.30 Å². The van der Waals surface area contributed by atoms with Gasteiger partial charge in [-0.05, 0) is 48.9 Å². The summed E-state index contributed by atoms with van der Waals surface area (Å²) in [7, 11) is 0. The summed E-state index contributed by atoms with van der Waals surface area (Å²) in [6, 6.07) is 15.6. The molecule has 3 rings (SSSR count). The molecular formula is C18H17BrClN3OS. The molecule has 0 radical (unpaired) electrons. The Kier molecular flexibility index (Phi) is 6.39. The summed E-state index contributed by atoms with van der Waals surface area (Å²) in [4.78, 5) is 0. The SMILES string of the molecule is CCn1c(COc2ccc(Br)cc2)nnc1SCc1cccc(Cl)c1. The maximum atomic E-state index is 6.04. The number of hydrogen-bond donors (Lipinski definition) is 0. The number of rotatable bonds is 7. The van der Waals surface area contributed by atoms with Gasteiger partial charge in [0.2, 0.25) is 0 Å². The van der Waals surface area contributed by atoms with E-state index in [9.17, 15) is 0 Å². The number of benzene rings is 2. The van der Waals surface area contributed by atoms with Crippen LogP contribution in [0, 0.1) is 0 Å². The quantitative estimate of drug-likeness (QED) is 0.451. The molecule has 0 N–H and O–H groups in total. The molecule has 0 unspecified atom stereocenters. The number of halogens is 2. The summed E-state index contributed by atoms with van der Waals surface area (Å²) in [5, 5.41) is 10.2. The van der Waals surface area contributed by atoms with Crippen LogP contribution in [0.15, 0.2) is 58.2 Å². The number of thioether (sulfide) groups is 1. The van der Waals surface area contributed by atoms with Crippen LogP contribution in [0.25, 0.3) is 0 Å². The second-order valence-corrected chi connectivity index (χ2v) is 7.60. The third-order valence-electron chi connectivity index (χ3n) is 3.55. The van der Waals surface area contributed by atoms with E-state index in [1.54, 1.807) is 11.8 Å². The zero-order valence-corrected chi connectivity index (χ0v) is 16.8. The molecule has 0 saturated carbocycles. The van der Waals surface area contributed by atoms with Gasteiger partial charge in [-0.25, -0.2) is 0 Å². The highest BCUT2D eigenvalue weighted by Crippen LogP contribution is 2.24. The highest BCUT2D eigenvalue weighted by Gasteiger charge is 2.12. The summed E-state index contributed by atoms with van der Waals surface area (Å²) in [5.74, 6) is 2.42. The van der Waals surface area contributed by atoms with Gasteiger partial charge in [-0.2, -0.15) is 0 Å². The second-order valence-electron chi connectivity index (χ2n) is 5.30. The third-order valence-corrected chi connectivity index (χ3v) is 5.35. The van der Waals surface area contributed by atoms with Crippen molar-refractivity contribution < 1.29 is 4.74 Å². The summed E-state index contributed by atoms with van der Waals surface area (Å²) in [6.07, 6.45) is 0. The normalized spacial score (nSPS) is 10.8. The van der Waals surface area contributed by atoms with Crippen LogP contribution in [-0.4, -0.2) is 14.8 Å². The molecule has 0 atom stereocenters.